The van der Waals surface area contributed by atoms with Gasteiger partial charge in [-0.15, -0.1) is 0 Å². The van der Waals surface area contributed by atoms with E-state index in [2.05, 4.69) is 34.6 Å². The molecule has 0 heteroatoms. The SMILES string of the molecule is CCCC(C)C(C)C(C)CC1CCCC1C. The molecule has 0 aliphatic heterocycles. The largest absolute Gasteiger partial charge is 0.0654 e. The van der Waals surface area contributed by atoms with Gasteiger partial charge in [-0.25, -0.2) is 0 Å². The quantitative estimate of drug-likeness (QED) is 0.557. The van der Waals surface area contributed by atoms with Gasteiger partial charge in [0.05, 0.1) is 0 Å². The van der Waals surface area contributed by atoms with Crippen molar-refractivity contribution in [1.82, 2.24) is 0 Å². The van der Waals surface area contributed by atoms with Crippen molar-refractivity contribution in [3.63, 3.8) is 0 Å². The summed E-state index contributed by atoms with van der Waals surface area (Å²) in [6, 6.07) is 0. The fraction of sp³-hybridized carbons (Fsp3) is 1.00. The second-order valence-corrected chi connectivity index (χ2v) is 6.51. The molecule has 1 aliphatic carbocycles. The molecule has 0 heterocycles. The van der Waals surface area contributed by atoms with E-state index in [0.717, 1.165) is 29.6 Å². The van der Waals surface area contributed by atoms with Crippen LogP contribution >= 0.6 is 0 Å². The minimum Gasteiger partial charge on any atom is -0.0654 e. The maximum absolute atomic E-state index is 2.49. The molecule has 5 atom stereocenters. The van der Waals surface area contributed by atoms with E-state index < -0.39 is 0 Å². The van der Waals surface area contributed by atoms with E-state index in [1.807, 2.05) is 0 Å². The zero-order valence-corrected chi connectivity index (χ0v) is 12.1. The Kier molecular flexibility index (Phi) is 5.86. The standard InChI is InChI=1S/C16H32/c1-6-8-12(2)15(5)14(4)11-16-10-7-9-13(16)3/h12-16H,6-11H2,1-5H3. The number of rotatable bonds is 6. The topological polar surface area (TPSA) is 0 Å². The zero-order valence-electron chi connectivity index (χ0n) is 12.1. The van der Waals surface area contributed by atoms with Crippen LogP contribution in [0.15, 0.2) is 0 Å². The van der Waals surface area contributed by atoms with Gasteiger partial charge in [-0.05, 0) is 36.0 Å². The predicted octanol–water partition coefficient (Wildman–Crippen LogP) is 5.52. The lowest BCUT2D eigenvalue weighted by Crippen LogP contribution is -2.20. The van der Waals surface area contributed by atoms with Crippen LogP contribution < -0.4 is 0 Å². The molecule has 0 radical (unpaired) electrons. The van der Waals surface area contributed by atoms with Crippen LogP contribution in [-0.4, -0.2) is 0 Å². The minimum absolute atomic E-state index is 0.910. The van der Waals surface area contributed by atoms with Crippen molar-refractivity contribution in [2.45, 2.75) is 73.1 Å². The van der Waals surface area contributed by atoms with Crippen LogP contribution in [0.25, 0.3) is 0 Å². The highest BCUT2D eigenvalue weighted by Gasteiger charge is 2.27. The Balaban J connectivity index is 2.35. The van der Waals surface area contributed by atoms with Crippen molar-refractivity contribution in [3.05, 3.63) is 0 Å². The van der Waals surface area contributed by atoms with E-state index in [0.29, 0.717) is 0 Å². The Morgan fingerprint density at radius 1 is 1.06 bits per heavy atom. The van der Waals surface area contributed by atoms with Crippen molar-refractivity contribution in [1.29, 1.82) is 0 Å². The average molecular weight is 224 g/mol. The van der Waals surface area contributed by atoms with Gasteiger partial charge in [-0.3, -0.25) is 0 Å². The molecular formula is C16H32. The normalized spacial score (nSPS) is 31.3. The molecule has 0 aromatic carbocycles. The van der Waals surface area contributed by atoms with Crippen LogP contribution in [0, 0.1) is 29.6 Å². The molecule has 0 nitrogen and oxygen atoms in total. The molecule has 1 saturated carbocycles. The van der Waals surface area contributed by atoms with Crippen LogP contribution in [0.1, 0.15) is 73.1 Å². The summed E-state index contributed by atoms with van der Waals surface area (Å²) in [6.07, 6.45) is 8.70. The van der Waals surface area contributed by atoms with Crippen molar-refractivity contribution in [2.24, 2.45) is 29.6 Å². The van der Waals surface area contributed by atoms with E-state index >= 15 is 0 Å². The second kappa shape index (κ2) is 6.67. The zero-order chi connectivity index (χ0) is 12.1. The summed E-state index contributed by atoms with van der Waals surface area (Å²) in [4.78, 5) is 0. The predicted molar refractivity (Wildman–Crippen MR) is 73.5 cm³/mol. The highest BCUT2D eigenvalue weighted by atomic mass is 14.3. The summed E-state index contributed by atoms with van der Waals surface area (Å²) >= 11 is 0. The molecule has 0 amide bonds. The molecule has 16 heavy (non-hydrogen) atoms. The Morgan fingerprint density at radius 2 is 1.75 bits per heavy atom. The van der Waals surface area contributed by atoms with Gasteiger partial charge in [-0.1, -0.05) is 66.7 Å². The summed E-state index contributed by atoms with van der Waals surface area (Å²) in [6.45, 7) is 12.2. The smallest absolute Gasteiger partial charge is 0.0386 e. The van der Waals surface area contributed by atoms with E-state index in [9.17, 15) is 0 Å². The molecule has 0 bridgehead atoms. The molecule has 0 spiro atoms. The first-order valence-corrected chi connectivity index (χ1v) is 7.56. The van der Waals surface area contributed by atoms with Crippen LogP contribution in [0.3, 0.4) is 0 Å². The van der Waals surface area contributed by atoms with Crippen LogP contribution in [0.4, 0.5) is 0 Å². The van der Waals surface area contributed by atoms with Crippen LogP contribution in [0.2, 0.25) is 0 Å². The van der Waals surface area contributed by atoms with E-state index in [1.165, 1.54) is 38.5 Å². The maximum atomic E-state index is 2.49. The molecule has 0 saturated heterocycles. The highest BCUT2D eigenvalue weighted by Crippen LogP contribution is 2.38. The monoisotopic (exact) mass is 224 g/mol. The number of hydrogen-bond acceptors (Lipinski definition) is 0. The summed E-state index contributed by atoms with van der Waals surface area (Å²) in [5, 5.41) is 0. The van der Waals surface area contributed by atoms with Crippen LogP contribution in [0.5, 0.6) is 0 Å². The molecule has 1 fully saturated rings. The van der Waals surface area contributed by atoms with Crippen molar-refractivity contribution in [3.8, 4) is 0 Å². The molecule has 0 aromatic rings. The van der Waals surface area contributed by atoms with Gasteiger partial charge in [-0.2, -0.15) is 0 Å². The first-order chi connectivity index (χ1) is 7.56. The highest BCUT2D eigenvalue weighted by molar-refractivity contribution is 4.78. The first kappa shape index (κ1) is 14.1. The molecule has 1 aliphatic rings. The second-order valence-electron chi connectivity index (χ2n) is 6.51. The van der Waals surface area contributed by atoms with Crippen molar-refractivity contribution >= 4 is 0 Å². The molecule has 1 rings (SSSR count). The Hall–Kier alpha value is 0. The lowest BCUT2D eigenvalue weighted by atomic mass is 9.77. The molecular weight excluding hydrogens is 192 g/mol. The van der Waals surface area contributed by atoms with E-state index in [-0.39, 0.29) is 0 Å². The molecule has 5 unspecified atom stereocenters. The van der Waals surface area contributed by atoms with E-state index in [4.69, 9.17) is 0 Å². The lowest BCUT2D eigenvalue weighted by Gasteiger charge is -2.29. The fourth-order valence-corrected chi connectivity index (χ4v) is 3.54. The summed E-state index contributed by atoms with van der Waals surface area (Å²) < 4.78 is 0. The van der Waals surface area contributed by atoms with Crippen molar-refractivity contribution < 1.29 is 0 Å². The summed E-state index contributed by atoms with van der Waals surface area (Å²) in [5.41, 5.74) is 0. The summed E-state index contributed by atoms with van der Waals surface area (Å²) in [5.74, 6) is 4.78. The fourth-order valence-electron chi connectivity index (χ4n) is 3.54. The Bertz CT molecular complexity index is 184. The van der Waals surface area contributed by atoms with Gasteiger partial charge < -0.3 is 0 Å². The van der Waals surface area contributed by atoms with Gasteiger partial charge in [0.25, 0.3) is 0 Å². The third-order valence-electron chi connectivity index (χ3n) is 5.25. The lowest BCUT2D eigenvalue weighted by molar-refractivity contribution is 0.211. The van der Waals surface area contributed by atoms with Gasteiger partial charge in [0.1, 0.15) is 0 Å². The van der Waals surface area contributed by atoms with Gasteiger partial charge >= 0.3 is 0 Å². The molecule has 0 N–H and O–H groups in total. The van der Waals surface area contributed by atoms with Gasteiger partial charge in [0.2, 0.25) is 0 Å². The summed E-state index contributed by atoms with van der Waals surface area (Å²) in [7, 11) is 0. The number of hydrogen-bond donors (Lipinski definition) is 0. The van der Waals surface area contributed by atoms with Gasteiger partial charge in [0, 0.05) is 0 Å². The Morgan fingerprint density at radius 3 is 2.25 bits per heavy atom. The van der Waals surface area contributed by atoms with Gasteiger partial charge in [0.15, 0.2) is 0 Å². The van der Waals surface area contributed by atoms with Crippen molar-refractivity contribution in [2.75, 3.05) is 0 Å². The molecule has 0 aromatic heterocycles. The van der Waals surface area contributed by atoms with E-state index in [1.54, 1.807) is 0 Å². The maximum Gasteiger partial charge on any atom is -0.0386 e. The third-order valence-corrected chi connectivity index (χ3v) is 5.25. The Labute approximate surface area is 103 Å². The minimum atomic E-state index is 0.910. The first-order valence-electron chi connectivity index (χ1n) is 7.56. The average Bonchev–Trinajstić information content (AvgIpc) is 2.63. The van der Waals surface area contributed by atoms with Crippen LogP contribution in [-0.2, 0) is 0 Å². The molecule has 96 valence electrons. The third kappa shape index (κ3) is 3.79.